The molecule has 2 aromatic rings. The SMILES string of the molecule is CC(O)c1cccc(NC(=O)c2cncn2C)c1. The maximum atomic E-state index is 11.9. The van der Waals surface area contributed by atoms with Crippen molar-refractivity contribution in [1.29, 1.82) is 0 Å². The predicted molar refractivity (Wildman–Crippen MR) is 68.2 cm³/mol. The average Bonchev–Trinajstić information content (AvgIpc) is 2.76. The second kappa shape index (κ2) is 5.01. The monoisotopic (exact) mass is 245 g/mol. The second-order valence-corrected chi connectivity index (χ2v) is 4.15. The first-order chi connectivity index (χ1) is 8.58. The molecule has 1 atom stereocenters. The molecule has 1 aromatic carbocycles. The van der Waals surface area contributed by atoms with Crippen molar-refractivity contribution in [3.63, 3.8) is 0 Å². The van der Waals surface area contributed by atoms with Crippen LogP contribution in [0.2, 0.25) is 0 Å². The van der Waals surface area contributed by atoms with Gasteiger partial charge in [0.2, 0.25) is 0 Å². The van der Waals surface area contributed by atoms with Crippen LogP contribution in [0.15, 0.2) is 36.8 Å². The lowest BCUT2D eigenvalue weighted by atomic mass is 10.1. The van der Waals surface area contributed by atoms with Gasteiger partial charge < -0.3 is 15.0 Å². The smallest absolute Gasteiger partial charge is 0.273 e. The molecular weight excluding hydrogens is 230 g/mol. The van der Waals surface area contributed by atoms with Gasteiger partial charge in [0.05, 0.1) is 18.6 Å². The highest BCUT2D eigenvalue weighted by molar-refractivity contribution is 6.02. The number of amides is 1. The van der Waals surface area contributed by atoms with Gasteiger partial charge in [0.25, 0.3) is 5.91 Å². The van der Waals surface area contributed by atoms with E-state index in [1.807, 2.05) is 6.07 Å². The number of hydrogen-bond donors (Lipinski definition) is 2. The zero-order chi connectivity index (χ0) is 13.1. The molecule has 1 aromatic heterocycles. The van der Waals surface area contributed by atoms with Crippen LogP contribution in [0.5, 0.6) is 0 Å². The maximum absolute atomic E-state index is 11.9. The maximum Gasteiger partial charge on any atom is 0.273 e. The van der Waals surface area contributed by atoms with Crippen LogP contribution in [0, 0.1) is 0 Å². The third kappa shape index (κ3) is 2.57. The number of nitrogens with one attached hydrogen (secondary N) is 1. The van der Waals surface area contributed by atoms with Crippen molar-refractivity contribution in [3.05, 3.63) is 48.0 Å². The molecule has 1 amide bonds. The van der Waals surface area contributed by atoms with E-state index in [-0.39, 0.29) is 5.91 Å². The molecule has 18 heavy (non-hydrogen) atoms. The van der Waals surface area contributed by atoms with Crippen LogP contribution in [0.1, 0.15) is 29.1 Å². The van der Waals surface area contributed by atoms with E-state index >= 15 is 0 Å². The Labute approximate surface area is 105 Å². The summed E-state index contributed by atoms with van der Waals surface area (Å²) in [4.78, 5) is 15.8. The number of imidazole rings is 1. The number of aliphatic hydroxyl groups is 1. The van der Waals surface area contributed by atoms with Crippen LogP contribution in [0.3, 0.4) is 0 Å². The molecule has 0 saturated carbocycles. The van der Waals surface area contributed by atoms with Gasteiger partial charge in [-0.25, -0.2) is 4.98 Å². The van der Waals surface area contributed by atoms with Crippen molar-refractivity contribution >= 4 is 11.6 Å². The molecule has 0 radical (unpaired) electrons. The normalized spacial score (nSPS) is 12.2. The highest BCUT2D eigenvalue weighted by Gasteiger charge is 2.10. The molecule has 0 bridgehead atoms. The van der Waals surface area contributed by atoms with Crippen molar-refractivity contribution in [2.75, 3.05) is 5.32 Å². The van der Waals surface area contributed by atoms with Gasteiger partial charge in [0.15, 0.2) is 0 Å². The number of rotatable bonds is 3. The van der Waals surface area contributed by atoms with Crippen molar-refractivity contribution < 1.29 is 9.90 Å². The number of carbonyl (C=O) groups excluding carboxylic acids is 1. The number of anilines is 1. The molecule has 0 aliphatic rings. The highest BCUT2D eigenvalue weighted by Crippen LogP contribution is 2.17. The lowest BCUT2D eigenvalue weighted by Gasteiger charge is -2.09. The Kier molecular flexibility index (Phi) is 3.43. The number of carbonyl (C=O) groups is 1. The zero-order valence-corrected chi connectivity index (χ0v) is 10.3. The van der Waals surface area contributed by atoms with Gasteiger partial charge in [-0.2, -0.15) is 0 Å². The van der Waals surface area contributed by atoms with Gasteiger partial charge in [0.1, 0.15) is 5.69 Å². The Balaban J connectivity index is 2.17. The molecule has 5 nitrogen and oxygen atoms in total. The van der Waals surface area contributed by atoms with Crippen molar-refractivity contribution in [2.45, 2.75) is 13.0 Å². The summed E-state index contributed by atoms with van der Waals surface area (Å²) in [5.74, 6) is -0.224. The fraction of sp³-hybridized carbons (Fsp3) is 0.231. The molecule has 0 aliphatic heterocycles. The summed E-state index contributed by atoms with van der Waals surface area (Å²) in [6, 6.07) is 7.13. The van der Waals surface area contributed by atoms with Crippen LogP contribution < -0.4 is 5.32 Å². The van der Waals surface area contributed by atoms with E-state index in [1.54, 1.807) is 43.1 Å². The quantitative estimate of drug-likeness (QED) is 0.865. The number of aliphatic hydroxyl groups excluding tert-OH is 1. The molecule has 2 N–H and O–H groups in total. The minimum atomic E-state index is -0.557. The molecule has 5 heteroatoms. The number of benzene rings is 1. The van der Waals surface area contributed by atoms with E-state index in [0.717, 1.165) is 5.56 Å². The highest BCUT2D eigenvalue weighted by atomic mass is 16.3. The number of aromatic nitrogens is 2. The largest absolute Gasteiger partial charge is 0.389 e. The van der Waals surface area contributed by atoms with Gasteiger partial charge in [-0.3, -0.25) is 4.79 Å². The van der Waals surface area contributed by atoms with Gasteiger partial charge in [-0.05, 0) is 24.6 Å². The second-order valence-electron chi connectivity index (χ2n) is 4.15. The van der Waals surface area contributed by atoms with Crippen molar-refractivity contribution in [2.24, 2.45) is 7.05 Å². The Bertz CT molecular complexity index is 561. The lowest BCUT2D eigenvalue weighted by molar-refractivity contribution is 0.101. The van der Waals surface area contributed by atoms with Crippen molar-refractivity contribution in [1.82, 2.24) is 9.55 Å². The number of hydrogen-bond acceptors (Lipinski definition) is 3. The van der Waals surface area contributed by atoms with E-state index < -0.39 is 6.10 Å². The molecule has 1 heterocycles. The van der Waals surface area contributed by atoms with E-state index in [1.165, 1.54) is 6.20 Å². The molecule has 1 unspecified atom stereocenters. The van der Waals surface area contributed by atoms with E-state index in [2.05, 4.69) is 10.3 Å². The van der Waals surface area contributed by atoms with Gasteiger partial charge >= 0.3 is 0 Å². The van der Waals surface area contributed by atoms with Crippen LogP contribution in [-0.4, -0.2) is 20.6 Å². The minimum absolute atomic E-state index is 0.224. The molecular formula is C13H15N3O2. The van der Waals surface area contributed by atoms with Crippen LogP contribution in [0.4, 0.5) is 5.69 Å². The first-order valence-electron chi connectivity index (χ1n) is 5.63. The summed E-state index contributed by atoms with van der Waals surface area (Å²) >= 11 is 0. The lowest BCUT2D eigenvalue weighted by Crippen LogP contribution is -2.15. The predicted octanol–water partition coefficient (Wildman–Crippen LogP) is 1.73. The fourth-order valence-electron chi connectivity index (χ4n) is 1.65. The Morgan fingerprint density at radius 3 is 2.89 bits per heavy atom. The Morgan fingerprint density at radius 1 is 1.50 bits per heavy atom. The van der Waals surface area contributed by atoms with E-state index in [0.29, 0.717) is 11.4 Å². The molecule has 0 saturated heterocycles. The number of nitrogens with zero attached hydrogens (tertiary/aromatic N) is 2. The van der Waals surface area contributed by atoms with Crippen molar-refractivity contribution in [3.8, 4) is 0 Å². The molecule has 2 rings (SSSR count). The summed E-state index contributed by atoms with van der Waals surface area (Å²) in [5.41, 5.74) is 1.90. The van der Waals surface area contributed by atoms with Crippen LogP contribution in [-0.2, 0) is 7.05 Å². The van der Waals surface area contributed by atoms with Gasteiger partial charge in [-0.15, -0.1) is 0 Å². The third-order valence-corrected chi connectivity index (χ3v) is 2.68. The average molecular weight is 245 g/mol. The third-order valence-electron chi connectivity index (χ3n) is 2.68. The Hall–Kier alpha value is -2.14. The Morgan fingerprint density at radius 2 is 2.28 bits per heavy atom. The van der Waals surface area contributed by atoms with E-state index in [9.17, 15) is 9.90 Å². The fourth-order valence-corrected chi connectivity index (χ4v) is 1.65. The first kappa shape index (κ1) is 12.3. The standard InChI is InChI=1S/C13H15N3O2/c1-9(17)10-4-3-5-11(6-10)15-13(18)12-7-14-8-16(12)2/h3-9,17H,1-2H3,(H,15,18). The summed E-state index contributed by atoms with van der Waals surface area (Å²) in [7, 11) is 1.76. The number of aryl methyl sites for hydroxylation is 1. The summed E-state index contributed by atoms with van der Waals surface area (Å²) < 4.78 is 1.65. The topological polar surface area (TPSA) is 67.2 Å². The minimum Gasteiger partial charge on any atom is -0.389 e. The first-order valence-corrected chi connectivity index (χ1v) is 5.63. The van der Waals surface area contributed by atoms with Crippen LogP contribution >= 0.6 is 0 Å². The molecule has 0 fully saturated rings. The summed E-state index contributed by atoms with van der Waals surface area (Å²) in [6.07, 6.45) is 2.52. The van der Waals surface area contributed by atoms with Gasteiger partial charge in [-0.1, -0.05) is 12.1 Å². The summed E-state index contributed by atoms with van der Waals surface area (Å²) in [6.45, 7) is 1.68. The van der Waals surface area contributed by atoms with E-state index in [4.69, 9.17) is 0 Å². The molecule has 0 spiro atoms. The molecule has 94 valence electrons. The molecule has 0 aliphatic carbocycles. The zero-order valence-electron chi connectivity index (χ0n) is 10.3. The van der Waals surface area contributed by atoms with Crippen LogP contribution in [0.25, 0.3) is 0 Å². The summed E-state index contributed by atoms with van der Waals surface area (Å²) in [5, 5.41) is 12.3. The van der Waals surface area contributed by atoms with Gasteiger partial charge in [0, 0.05) is 12.7 Å².